The molecule has 1 rings (SSSR count). The number of benzene rings is 1. The van der Waals surface area contributed by atoms with Gasteiger partial charge in [-0.15, -0.1) is 0 Å². The number of carbonyl (C=O) groups is 1. The van der Waals surface area contributed by atoms with E-state index in [0.717, 1.165) is 12.1 Å². The lowest BCUT2D eigenvalue weighted by molar-refractivity contribution is -0.393. The van der Waals surface area contributed by atoms with Crippen molar-refractivity contribution in [2.45, 2.75) is 0 Å². The summed E-state index contributed by atoms with van der Waals surface area (Å²) in [4.78, 5) is 29.5. The summed E-state index contributed by atoms with van der Waals surface area (Å²) in [5.74, 6) is 0. The standard InChI is InChI=1S/C7H6N4O5/c8-7-5(9-3-12)1-4(10(13)14)2-6(7)11(15)16/h1-3H,8H2,(H,9,12). The molecule has 1 amide bonds. The van der Waals surface area contributed by atoms with Crippen LogP contribution < -0.4 is 11.1 Å². The van der Waals surface area contributed by atoms with Crippen LogP contribution in [0, 0.1) is 20.2 Å². The minimum Gasteiger partial charge on any atom is -0.391 e. The first-order valence-corrected chi connectivity index (χ1v) is 3.90. The molecule has 0 bridgehead atoms. The van der Waals surface area contributed by atoms with Crippen molar-refractivity contribution in [2.24, 2.45) is 0 Å². The maximum absolute atomic E-state index is 10.5. The molecule has 0 aliphatic rings. The highest BCUT2D eigenvalue weighted by molar-refractivity contribution is 5.86. The van der Waals surface area contributed by atoms with Gasteiger partial charge in [-0.05, 0) is 0 Å². The van der Waals surface area contributed by atoms with Gasteiger partial charge in [0.05, 0.1) is 21.6 Å². The Balaban J connectivity index is 3.44. The van der Waals surface area contributed by atoms with Gasteiger partial charge in [-0.3, -0.25) is 25.0 Å². The molecule has 0 radical (unpaired) electrons. The Morgan fingerprint density at radius 1 is 1.25 bits per heavy atom. The fraction of sp³-hybridized carbons (Fsp3) is 0. The normalized spacial score (nSPS) is 9.50. The number of non-ortho nitro benzene ring substituents is 1. The van der Waals surface area contributed by atoms with Gasteiger partial charge in [0.25, 0.3) is 5.69 Å². The summed E-state index contributed by atoms with van der Waals surface area (Å²) in [6, 6.07) is 1.67. The number of carbonyl (C=O) groups excluding carboxylic acids is 1. The summed E-state index contributed by atoms with van der Waals surface area (Å²) in [7, 11) is 0. The number of amides is 1. The Bertz CT molecular complexity index is 472. The summed E-state index contributed by atoms with van der Waals surface area (Å²) in [5.41, 5.74) is 3.70. The molecule has 3 N–H and O–H groups in total. The van der Waals surface area contributed by atoms with Crippen LogP contribution in [0.4, 0.5) is 22.7 Å². The van der Waals surface area contributed by atoms with Crippen LogP contribution in [-0.2, 0) is 4.79 Å². The van der Waals surface area contributed by atoms with Crippen LogP contribution in [0.5, 0.6) is 0 Å². The highest BCUT2D eigenvalue weighted by Gasteiger charge is 2.21. The largest absolute Gasteiger partial charge is 0.391 e. The van der Waals surface area contributed by atoms with Crippen LogP contribution in [0.15, 0.2) is 12.1 Å². The van der Waals surface area contributed by atoms with Crippen molar-refractivity contribution in [3.8, 4) is 0 Å². The predicted octanol–water partition coefficient (Wildman–Crippen LogP) is 0.653. The van der Waals surface area contributed by atoms with Crippen molar-refractivity contribution in [2.75, 3.05) is 11.1 Å². The maximum atomic E-state index is 10.5. The van der Waals surface area contributed by atoms with Crippen LogP contribution >= 0.6 is 0 Å². The number of nitrogens with zero attached hydrogens (tertiary/aromatic N) is 2. The summed E-state index contributed by atoms with van der Waals surface area (Å²) in [5, 5.41) is 23.1. The van der Waals surface area contributed by atoms with Crippen molar-refractivity contribution >= 4 is 29.2 Å². The van der Waals surface area contributed by atoms with Crippen molar-refractivity contribution < 1.29 is 14.6 Å². The van der Waals surface area contributed by atoms with Gasteiger partial charge in [0.15, 0.2) is 0 Å². The second-order valence-electron chi connectivity index (χ2n) is 2.70. The Morgan fingerprint density at radius 3 is 2.31 bits per heavy atom. The van der Waals surface area contributed by atoms with Gasteiger partial charge < -0.3 is 11.1 Å². The highest BCUT2D eigenvalue weighted by Crippen LogP contribution is 2.33. The van der Waals surface area contributed by atoms with E-state index >= 15 is 0 Å². The smallest absolute Gasteiger partial charge is 0.301 e. The van der Waals surface area contributed by atoms with Gasteiger partial charge in [0, 0.05) is 6.07 Å². The molecule has 0 unspecified atom stereocenters. The number of hydrogen-bond donors (Lipinski definition) is 2. The van der Waals surface area contributed by atoms with Crippen LogP contribution in [0.1, 0.15) is 0 Å². The molecule has 0 heterocycles. The second kappa shape index (κ2) is 4.21. The first-order chi connectivity index (χ1) is 7.47. The van der Waals surface area contributed by atoms with E-state index in [4.69, 9.17) is 5.73 Å². The minimum atomic E-state index is -0.863. The average Bonchev–Trinajstić information content (AvgIpc) is 2.20. The molecule has 0 spiro atoms. The van der Waals surface area contributed by atoms with Crippen molar-refractivity contribution in [3.63, 3.8) is 0 Å². The summed E-state index contributed by atoms with van der Waals surface area (Å²) in [6.45, 7) is 0. The Hall–Kier alpha value is -2.71. The average molecular weight is 226 g/mol. The van der Waals surface area contributed by atoms with Gasteiger partial charge in [0.1, 0.15) is 5.69 Å². The van der Waals surface area contributed by atoms with Crippen molar-refractivity contribution in [1.82, 2.24) is 0 Å². The molecule has 0 aromatic heterocycles. The monoisotopic (exact) mass is 226 g/mol. The summed E-state index contributed by atoms with van der Waals surface area (Å²) < 4.78 is 0. The van der Waals surface area contributed by atoms with Crippen LogP contribution in [-0.4, -0.2) is 16.3 Å². The zero-order chi connectivity index (χ0) is 12.3. The van der Waals surface area contributed by atoms with Gasteiger partial charge in [0.2, 0.25) is 6.41 Å². The maximum Gasteiger partial charge on any atom is 0.301 e. The molecule has 0 fully saturated rings. The highest BCUT2D eigenvalue weighted by atomic mass is 16.6. The number of nitro benzene ring substituents is 2. The summed E-state index contributed by atoms with van der Waals surface area (Å²) in [6.07, 6.45) is 0.221. The molecule has 0 saturated carbocycles. The van der Waals surface area contributed by atoms with Crippen molar-refractivity contribution in [1.29, 1.82) is 0 Å². The molecular formula is C7H6N4O5. The fourth-order valence-electron chi connectivity index (χ4n) is 1.06. The van der Waals surface area contributed by atoms with Crippen LogP contribution in [0.3, 0.4) is 0 Å². The van der Waals surface area contributed by atoms with Crippen LogP contribution in [0.25, 0.3) is 0 Å². The van der Waals surface area contributed by atoms with Crippen LogP contribution in [0.2, 0.25) is 0 Å². The van der Waals surface area contributed by atoms with E-state index in [1.165, 1.54) is 0 Å². The lowest BCUT2D eigenvalue weighted by Gasteiger charge is -2.04. The molecule has 0 aliphatic heterocycles. The predicted molar refractivity (Wildman–Crippen MR) is 53.8 cm³/mol. The fourth-order valence-corrected chi connectivity index (χ4v) is 1.06. The topological polar surface area (TPSA) is 141 Å². The third kappa shape index (κ3) is 2.03. The number of nitrogen functional groups attached to an aromatic ring is 1. The third-order valence-electron chi connectivity index (χ3n) is 1.76. The first-order valence-electron chi connectivity index (χ1n) is 3.90. The van der Waals surface area contributed by atoms with Gasteiger partial charge in [-0.1, -0.05) is 0 Å². The third-order valence-corrected chi connectivity index (χ3v) is 1.76. The zero-order valence-electron chi connectivity index (χ0n) is 7.75. The van der Waals surface area contributed by atoms with E-state index in [-0.39, 0.29) is 17.8 Å². The van der Waals surface area contributed by atoms with E-state index in [9.17, 15) is 25.0 Å². The Morgan fingerprint density at radius 2 is 1.88 bits per heavy atom. The minimum absolute atomic E-state index is 0.170. The Kier molecular flexibility index (Phi) is 2.99. The quantitative estimate of drug-likeness (QED) is 0.334. The van der Waals surface area contributed by atoms with Gasteiger partial charge in [-0.2, -0.15) is 0 Å². The molecule has 16 heavy (non-hydrogen) atoms. The molecule has 9 heteroatoms. The van der Waals surface area contributed by atoms with Gasteiger partial charge >= 0.3 is 5.69 Å². The Labute approximate surface area is 88.2 Å². The first kappa shape index (κ1) is 11.4. The zero-order valence-corrected chi connectivity index (χ0v) is 7.75. The molecule has 0 aliphatic carbocycles. The van der Waals surface area contributed by atoms with E-state index < -0.39 is 21.2 Å². The molecule has 0 saturated heterocycles. The lowest BCUT2D eigenvalue weighted by Crippen LogP contribution is -2.04. The van der Waals surface area contributed by atoms with E-state index in [1.807, 2.05) is 0 Å². The van der Waals surface area contributed by atoms with E-state index in [1.54, 1.807) is 0 Å². The SMILES string of the molecule is Nc1c(NC=O)cc([N+](=O)[O-])cc1[N+](=O)[O-]. The molecule has 9 nitrogen and oxygen atoms in total. The number of hydrogen-bond acceptors (Lipinski definition) is 6. The number of anilines is 2. The summed E-state index contributed by atoms with van der Waals surface area (Å²) >= 11 is 0. The molecule has 0 atom stereocenters. The second-order valence-corrected chi connectivity index (χ2v) is 2.70. The molecule has 84 valence electrons. The van der Waals surface area contributed by atoms with Crippen molar-refractivity contribution in [3.05, 3.63) is 32.4 Å². The molecule has 1 aromatic carbocycles. The molecule has 1 aromatic rings. The number of rotatable bonds is 4. The van der Waals surface area contributed by atoms with Gasteiger partial charge in [-0.25, -0.2) is 0 Å². The number of nitrogens with two attached hydrogens (primary N) is 1. The molecular weight excluding hydrogens is 220 g/mol. The van der Waals surface area contributed by atoms with E-state index in [0.29, 0.717) is 0 Å². The lowest BCUT2D eigenvalue weighted by atomic mass is 10.2. The number of nitro groups is 2. The number of nitrogens with one attached hydrogen (secondary N) is 1. The van der Waals surface area contributed by atoms with E-state index in [2.05, 4.69) is 5.32 Å².